The van der Waals surface area contributed by atoms with E-state index in [2.05, 4.69) is 206 Å². The molecule has 0 aliphatic heterocycles. The van der Waals surface area contributed by atoms with Gasteiger partial charge in [-0.05, 0) is 151 Å². The Kier molecular flexibility index (Phi) is 10.1. The lowest BCUT2D eigenvalue weighted by molar-refractivity contribution is 1.30. The van der Waals surface area contributed by atoms with E-state index in [-0.39, 0.29) is 0 Å². The third-order valence-corrected chi connectivity index (χ3v) is 14.5. The van der Waals surface area contributed by atoms with Gasteiger partial charge in [0.05, 0.1) is 15.9 Å². The molecule has 13 rings (SSSR count). The van der Waals surface area contributed by atoms with E-state index in [4.69, 9.17) is 19.9 Å². The first-order chi connectivity index (χ1) is 34.2. The number of allylic oxidation sites excluding steroid dienone is 4. The van der Waals surface area contributed by atoms with Gasteiger partial charge in [-0.2, -0.15) is 0 Å². The van der Waals surface area contributed by atoms with Gasteiger partial charge in [-0.15, -0.1) is 11.3 Å². The molecule has 0 spiro atoms. The first-order valence-corrected chi connectivity index (χ1v) is 24.3. The quantitative estimate of drug-likeness (QED) is 0.160. The second-order valence-corrected chi connectivity index (χ2v) is 18.7. The zero-order chi connectivity index (χ0) is 45.7. The van der Waals surface area contributed by atoms with Gasteiger partial charge in [-0.25, -0.2) is 9.97 Å². The average molecular weight is 899 g/mol. The van der Waals surface area contributed by atoms with E-state index in [1.807, 2.05) is 24.8 Å². The molecule has 69 heavy (non-hydrogen) atoms. The lowest BCUT2D eigenvalue weighted by Crippen LogP contribution is -1.97. The minimum Gasteiger partial charge on any atom is -0.263 e. The molecule has 0 amide bonds. The van der Waals surface area contributed by atoms with E-state index in [0.29, 0.717) is 0 Å². The molecule has 5 heteroatoms. The number of fused-ring (bicyclic) bond motifs is 5. The largest absolute Gasteiger partial charge is 0.263 e. The SMILES string of the molecule is C1=Cc2ccccc2C(c2cc(-c3cc(-c4cc(C5=CCC=Cc6ccccc65)cc(-c5cncc6ccccc56)c4)nc(-c4nc5ccccc5s4)c3)cc(-c3cncc4ccccc34)c2)=CC1. The summed E-state index contributed by atoms with van der Waals surface area (Å²) in [6.07, 6.45) is 23.3. The van der Waals surface area contributed by atoms with Crippen LogP contribution in [0.15, 0.2) is 219 Å². The van der Waals surface area contributed by atoms with E-state index in [0.717, 1.165) is 111 Å². The molecule has 7 aromatic carbocycles. The molecule has 0 unspecified atom stereocenters. The summed E-state index contributed by atoms with van der Waals surface area (Å²) in [6.45, 7) is 0. The van der Waals surface area contributed by atoms with Crippen LogP contribution in [0.4, 0.5) is 0 Å². The van der Waals surface area contributed by atoms with Crippen LogP contribution < -0.4 is 0 Å². The molecule has 0 atom stereocenters. The number of pyridine rings is 3. The van der Waals surface area contributed by atoms with Gasteiger partial charge in [0.1, 0.15) is 10.7 Å². The number of nitrogens with zero attached hydrogens (tertiary/aromatic N) is 4. The first-order valence-electron chi connectivity index (χ1n) is 23.5. The molecule has 0 fully saturated rings. The molecule has 2 aliphatic rings. The van der Waals surface area contributed by atoms with Gasteiger partial charge in [0.25, 0.3) is 0 Å². The van der Waals surface area contributed by atoms with Crippen molar-refractivity contribution in [2.45, 2.75) is 12.8 Å². The molecular formula is C64H42N4S. The predicted molar refractivity (Wildman–Crippen MR) is 290 cm³/mol. The lowest BCUT2D eigenvalue weighted by Gasteiger charge is -2.18. The Morgan fingerprint density at radius 1 is 0.377 bits per heavy atom. The Morgan fingerprint density at radius 2 is 0.870 bits per heavy atom. The van der Waals surface area contributed by atoms with Crippen LogP contribution in [-0.4, -0.2) is 19.9 Å². The molecule has 11 aromatic rings. The number of hydrogen-bond donors (Lipinski definition) is 0. The topological polar surface area (TPSA) is 51.6 Å². The van der Waals surface area contributed by atoms with Crippen molar-refractivity contribution in [2.24, 2.45) is 0 Å². The second kappa shape index (κ2) is 17.2. The van der Waals surface area contributed by atoms with Gasteiger partial charge >= 0.3 is 0 Å². The highest BCUT2D eigenvalue weighted by molar-refractivity contribution is 7.21. The van der Waals surface area contributed by atoms with Crippen LogP contribution in [0.25, 0.3) is 110 Å². The van der Waals surface area contributed by atoms with Crippen LogP contribution in [-0.2, 0) is 0 Å². The Labute approximate surface area is 404 Å². The third-order valence-electron chi connectivity index (χ3n) is 13.4. The molecule has 0 saturated carbocycles. The molecule has 4 aromatic heterocycles. The van der Waals surface area contributed by atoms with Crippen molar-refractivity contribution >= 4 is 66.4 Å². The summed E-state index contributed by atoms with van der Waals surface area (Å²) in [5.74, 6) is 0. The minimum absolute atomic E-state index is 0.827. The maximum Gasteiger partial charge on any atom is 0.143 e. The maximum absolute atomic E-state index is 5.59. The molecule has 0 saturated heterocycles. The van der Waals surface area contributed by atoms with E-state index < -0.39 is 0 Å². The van der Waals surface area contributed by atoms with Gasteiger partial charge in [-0.3, -0.25) is 9.97 Å². The average Bonchev–Trinajstić information content (AvgIpc) is 3.57. The van der Waals surface area contributed by atoms with Crippen LogP contribution in [0.3, 0.4) is 0 Å². The lowest BCUT2D eigenvalue weighted by atomic mass is 9.87. The van der Waals surface area contributed by atoms with E-state index in [1.54, 1.807) is 11.3 Å². The highest BCUT2D eigenvalue weighted by atomic mass is 32.1. The van der Waals surface area contributed by atoms with Crippen LogP contribution in [0.5, 0.6) is 0 Å². The number of hydrogen-bond acceptors (Lipinski definition) is 5. The minimum atomic E-state index is 0.827. The van der Waals surface area contributed by atoms with Crippen LogP contribution in [0.1, 0.15) is 46.2 Å². The van der Waals surface area contributed by atoms with Gasteiger partial charge in [0, 0.05) is 52.3 Å². The summed E-state index contributed by atoms with van der Waals surface area (Å²) in [7, 11) is 0. The Balaban J connectivity index is 1.08. The van der Waals surface area contributed by atoms with Crippen molar-refractivity contribution in [3.63, 3.8) is 0 Å². The molecule has 0 bridgehead atoms. The van der Waals surface area contributed by atoms with Crippen LogP contribution in [0, 0.1) is 0 Å². The number of para-hydroxylation sites is 1. The van der Waals surface area contributed by atoms with Crippen LogP contribution >= 0.6 is 11.3 Å². The molecular weight excluding hydrogens is 857 g/mol. The number of aromatic nitrogens is 4. The molecule has 0 N–H and O–H groups in total. The van der Waals surface area contributed by atoms with E-state index in [1.165, 1.54) is 33.4 Å². The molecule has 2 aliphatic carbocycles. The summed E-state index contributed by atoms with van der Waals surface area (Å²) < 4.78 is 1.13. The highest BCUT2D eigenvalue weighted by Gasteiger charge is 2.20. The fourth-order valence-electron chi connectivity index (χ4n) is 10.1. The van der Waals surface area contributed by atoms with Crippen molar-refractivity contribution in [3.05, 3.63) is 252 Å². The Bertz CT molecular complexity index is 3720. The number of thiazole rings is 1. The van der Waals surface area contributed by atoms with Gasteiger partial charge in [0.2, 0.25) is 0 Å². The summed E-state index contributed by atoms with van der Waals surface area (Å²) in [5.41, 5.74) is 19.7. The fraction of sp³-hybridized carbons (Fsp3) is 0.0312. The Hall–Kier alpha value is -8.64. The summed E-state index contributed by atoms with van der Waals surface area (Å²) >= 11 is 1.68. The Morgan fingerprint density at radius 3 is 1.51 bits per heavy atom. The third kappa shape index (κ3) is 7.59. The van der Waals surface area contributed by atoms with Gasteiger partial charge in [0.15, 0.2) is 0 Å². The smallest absolute Gasteiger partial charge is 0.143 e. The molecule has 4 heterocycles. The van der Waals surface area contributed by atoms with Crippen LogP contribution in [0.2, 0.25) is 0 Å². The monoisotopic (exact) mass is 898 g/mol. The van der Waals surface area contributed by atoms with Crippen molar-refractivity contribution in [1.82, 2.24) is 19.9 Å². The first kappa shape index (κ1) is 40.6. The normalized spacial score (nSPS) is 13.2. The van der Waals surface area contributed by atoms with Gasteiger partial charge < -0.3 is 0 Å². The highest BCUT2D eigenvalue weighted by Crippen LogP contribution is 2.42. The second-order valence-electron chi connectivity index (χ2n) is 17.7. The summed E-state index contributed by atoms with van der Waals surface area (Å²) in [6, 6.07) is 61.3. The number of rotatable bonds is 7. The van der Waals surface area contributed by atoms with Crippen molar-refractivity contribution < 1.29 is 0 Å². The fourth-order valence-corrected chi connectivity index (χ4v) is 11.1. The number of benzene rings is 7. The van der Waals surface area contributed by atoms with E-state index in [9.17, 15) is 0 Å². The molecule has 0 radical (unpaired) electrons. The zero-order valence-electron chi connectivity index (χ0n) is 37.6. The summed E-state index contributed by atoms with van der Waals surface area (Å²) in [5, 5.41) is 5.40. The predicted octanol–water partition coefficient (Wildman–Crippen LogP) is 16.8. The van der Waals surface area contributed by atoms with Crippen molar-refractivity contribution in [1.29, 1.82) is 0 Å². The van der Waals surface area contributed by atoms with E-state index >= 15 is 0 Å². The molecule has 4 nitrogen and oxygen atoms in total. The van der Waals surface area contributed by atoms with Gasteiger partial charge in [-0.1, -0.05) is 146 Å². The summed E-state index contributed by atoms with van der Waals surface area (Å²) in [4.78, 5) is 20.3. The maximum atomic E-state index is 5.59. The van der Waals surface area contributed by atoms with Crippen molar-refractivity contribution in [3.8, 4) is 55.3 Å². The molecule has 324 valence electrons. The van der Waals surface area contributed by atoms with Crippen molar-refractivity contribution in [2.75, 3.05) is 0 Å². The standard InChI is InChI=1S/C64H42N4S/c1-7-21-52-41(15-1)17-3-9-25-56(52)47-29-45(30-49(31-47)58-39-65-37-43-19-5-11-23-54(43)58)46-35-61(67-62(36-46)64-68-60-27-13-14-28-63(60)69-64)51-33-48(57-26-10-4-18-42-16-2-8-22-53(42)57)32-50(34-51)59-40-66-38-44-20-6-12-24-55(44)59/h1-8,11-40H,9-10H2. The zero-order valence-corrected chi connectivity index (χ0v) is 38.4.